The van der Waals surface area contributed by atoms with Crippen LogP contribution < -0.4 is 24.4 Å². The molecule has 0 radical (unpaired) electrons. The van der Waals surface area contributed by atoms with Crippen LogP contribution in [0.2, 0.25) is 0 Å². The molecule has 0 bridgehead atoms. The molecule has 0 aliphatic carbocycles. The van der Waals surface area contributed by atoms with Crippen molar-refractivity contribution < 1.29 is 28.2 Å². The highest BCUT2D eigenvalue weighted by Crippen LogP contribution is 2.38. The minimum absolute atomic E-state index is 0.116. The summed E-state index contributed by atoms with van der Waals surface area (Å²) in [5.41, 5.74) is -0.374. The lowest BCUT2D eigenvalue weighted by Gasteiger charge is -2.13. The van der Waals surface area contributed by atoms with Gasteiger partial charge in [0.15, 0.2) is 16.7 Å². The molecule has 0 unspecified atom stereocenters. The van der Waals surface area contributed by atoms with Gasteiger partial charge < -0.3 is 27.9 Å². The van der Waals surface area contributed by atoms with Crippen LogP contribution in [0.5, 0.6) is 23.0 Å². The van der Waals surface area contributed by atoms with Gasteiger partial charge in [0, 0.05) is 13.1 Å². The third kappa shape index (κ3) is 4.57. The van der Waals surface area contributed by atoms with E-state index >= 15 is 0 Å². The maximum Gasteiger partial charge on any atom is 0.344 e. The molecule has 0 N–H and O–H groups in total. The average molecular weight is 433 g/mol. The number of ether oxygens (including phenoxy) is 4. The molecule has 0 saturated heterocycles. The molecule has 0 atom stereocenters. The number of carbonyl (C=O) groups is 1. The Hall–Kier alpha value is -3.47. The summed E-state index contributed by atoms with van der Waals surface area (Å²) < 4.78 is 28.0. The van der Waals surface area contributed by atoms with Crippen LogP contribution >= 0.6 is 11.8 Å². The second-order valence-electron chi connectivity index (χ2n) is 5.89. The summed E-state index contributed by atoms with van der Waals surface area (Å²) in [6, 6.07) is 4.12. The maximum atomic E-state index is 12.5. The van der Waals surface area contributed by atoms with E-state index in [1.165, 1.54) is 51.3 Å². The average Bonchev–Trinajstić information content (AvgIpc) is 3.17. The molecule has 0 amide bonds. The van der Waals surface area contributed by atoms with Crippen LogP contribution in [-0.4, -0.2) is 42.1 Å². The molecule has 0 spiro atoms. The quantitative estimate of drug-likeness (QED) is 0.387. The van der Waals surface area contributed by atoms with Gasteiger partial charge >= 0.3 is 5.97 Å². The first-order valence-corrected chi connectivity index (χ1v) is 9.56. The van der Waals surface area contributed by atoms with Gasteiger partial charge in [-0.2, -0.15) is 0 Å². The third-order valence-electron chi connectivity index (χ3n) is 3.97. The van der Waals surface area contributed by atoms with Crippen LogP contribution in [0, 0.1) is 0 Å². The van der Waals surface area contributed by atoms with Crippen LogP contribution in [-0.2, 0) is 12.8 Å². The number of hydrogen-bond acceptors (Lipinski definition) is 10. The summed E-state index contributed by atoms with van der Waals surface area (Å²) in [4.78, 5) is 24.9. The normalized spacial score (nSPS) is 10.5. The Balaban J connectivity index is 1.75. The van der Waals surface area contributed by atoms with E-state index in [0.717, 1.165) is 6.26 Å². The van der Waals surface area contributed by atoms with Crippen LogP contribution in [0.25, 0.3) is 0 Å². The zero-order valence-corrected chi connectivity index (χ0v) is 17.5. The van der Waals surface area contributed by atoms with Gasteiger partial charge in [0.25, 0.3) is 0 Å². The standard InChI is InChI=1S/C19H19N3O7S/c1-22-10-20-21-19(22)30-9-12-7-13(23)16(8-28-12)29-18(24)11-5-14(25-2)17(27-4)15(6-11)26-3/h5-8,10H,9H2,1-4H3. The van der Waals surface area contributed by atoms with Crippen molar-refractivity contribution in [2.75, 3.05) is 21.3 Å². The van der Waals surface area contributed by atoms with E-state index in [-0.39, 0.29) is 22.8 Å². The Morgan fingerprint density at radius 3 is 2.33 bits per heavy atom. The zero-order valence-electron chi connectivity index (χ0n) is 16.7. The van der Waals surface area contributed by atoms with E-state index in [0.29, 0.717) is 22.4 Å². The molecule has 0 aliphatic rings. The Morgan fingerprint density at radius 2 is 1.80 bits per heavy atom. The molecule has 10 nitrogen and oxygen atoms in total. The lowest BCUT2D eigenvalue weighted by atomic mass is 10.2. The monoisotopic (exact) mass is 433 g/mol. The van der Waals surface area contributed by atoms with Gasteiger partial charge in [0.05, 0.1) is 32.6 Å². The van der Waals surface area contributed by atoms with Crippen molar-refractivity contribution in [3.05, 3.63) is 52.3 Å². The fourth-order valence-electron chi connectivity index (χ4n) is 2.49. The van der Waals surface area contributed by atoms with E-state index in [1.54, 1.807) is 10.9 Å². The Kier molecular flexibility index (Phi) is 6.62. The molecule has 2 heterocycles. The fraction of sp³-hybridized carbons (Fsp3) is 0.263. The minimum Gasteiger partial charge on any atom is -0.493 e. The minimum atomic E-state index is -0.775. The van der Waals surface area contributed by atoms with Crippen molar-refractivity contribution in [1.29, 1.82) is 0 Å². The first-order valence-electron chi connectivity index (χ1n) is 8.57. The molecule has 11 heteroatoms. The molecule has 3 aromatic rings. The van der Waals surface area contributed by atoms with E-state index in [1.807, 2.05) is 7.05 Å². The topological polar surface area (TPSA) is 115 Å². The number of aromatic nitrogens is 3. The third-order valence-corrected chi connectivity index (χ3v) is 5.03. The number of rotatable bonds is 8. The largest absolute Gasteiger partial charge is 0.493 e. The molecule has 1 aromatic carbocycles. The maximum absolute atomic E-state index is 12.5. The highest BCUT2D eigenvalue weighted by Gasteiger charge is 2.19. The summed E-state index contributed by atoms with van der Waals surface area (Å²) in [5.74, 6) is 0.660. The smallest absolute Gasteiger partial charge is 0.344 e. The van der Waals surface area contributed by atoms with Gasteiger partial charge in [0.1, 0.15) is 18.4 Å². The highest BCUT2D eigenvalue weighted by molar-refractivity contribution is 7.98. The summed E-state index contributed by atoms with van der Waals surface area (Å²) in [6.07, 6.45) is 2.68. The number of aryl methyl sites for hydroxylation is 1. The summed E-state index contributed by atoms with van der Waals surface area (Å²) in [6.45, 7) is 0. The summed E-state index contributed by atoms with van der Waals surface area (Å²) in [7, 11) is 6.12. The number of hydrogen-bond donors (Lipinski definition) is 0. The van der Waals surface area contributed by atoms with Gasteiger partial charge in [-0.25, -0.2) is 4.79 Å². The lowest BCUT2D eigenvalue weighted by molar-refractivity contribution is 0.0728. The summed E-state index contributed by atoms with van der Waals surface area (Å²) >= 11 is 1.35. The number of methoxy groups -OCH3 is 3. The number of carbonyl (C=O) groups excluding carboxylic acids is 1. The Morgan fingerprint density at radius 1 is 1.10 bits per heavy atom. The number of esters is 1. The molecule has 30 heavy (non-hydrogen) atoms. The molecule has 0 aliphatic heterocycles. The second-order valence-corrected chi connectivity index (χ2v) is 6.83. The zero-order chi connectivity index (χ0) is 21.7. The van der Waals surface area contributed by atoms with Gasteiger partial charge in [-0.1, -0.05) is 11.8 Å². The van der Waals surface area contributed by atoms with Gasteiger partial charge in [-0.15, -0.1) is 10.2 Å². The van der Waals surface area contributed by atoms with E-state index in [9.17, 15) is 9.59 Å². The van der Waals surface area contributed by atoms with E-state index in [2.05, 4.69) is 10.2 Å². The predicted molar refractivity (Wildman–Crippen MR) is 107 cm³/mol. The van der Waals surface area contributed by atoms with E-state index < -0.39 is 11.4 Å². The fourth-order valence-corrected chi connectivity index (χ4v) is 3.26. The van der Waals surface area contributed by atoms with Crippen molar-refractivity contribution in [3.63, 3.8) is 0 Å². The van der Waals surface area contributed by atoms with Crippen molar-refractivity contribution >= 4 is 17.7 Å². The van der Waals surface area contributed by atoms with Gasteiger partial charge in [0.2, 0.25) is 16.9 Å². The molecular weight excluding hydrogens is 414 g/mol. The predicted octanol–water partition coefficient (Wildman–Crippen LogP) is 2.31. The molecule has 158 valence electrons. The molecule has 2 aromatic heterocycles. The number of thioether (sulfide) groups is 1. The van der Waals surface area contributed by atoms with E-state index in [4.69, 9.17) is 23.4 Å². The highest BCUT2D eigenvalue weighted by atomic mass is 32.2. The Labute approximate surface area is 175 Å². The molecule has 0 fully saturated rings. The lowest BCUT2D eigenvalue weighted by Crippen LogP contribution is -2.15. The van der Waals surface area contributed by atoms with Crippen LogP contribution in [0.4, 0.5) is 0 Å². The second kappa shape index (κ2) is 9.35. The van der Waals surface area contributed by atoms with Crippen molar-refractivity contribution in [1.82, 2.24) is 14.8 Å². The van der Waals surface area contributed by atoms with Crippen LogP contribution in [0.3, 0.4) is 0 Å². The number of nitrogens with zero attached hydrogens (tertiary/aromatic N) is 3. The van der Waals surface area contributed by atoms with Gasteiger partial charge in [-0.05, 0) is 12.1 Å². The first kappa shape index (κ1) is 21.2. The van der Waals surface area contributed by atoms with Crippen LogP contribution in [0.15, 0.2) is 45.2 Å². The van der Waals surface area contributed by atoms with Crippen molar-refractivity contribution in [2.45, 2.75) is 10.9 Å². The van der Waals surface area contributed by atoms with Gasteiger partial charge in [-0.3, -0.25) is 4.79 Å². The number of benzene rings is 1. The van der Waals surface area contributed by atoms with Crippen LogP contribution in [0.1, 0.15) is 16.1 Å². The molecular formula is C19H19N3O7S. The van der Waals surface area contributed by atoms with Crippen molar-refractivity contribution in [2.24, 2.45) is 7.05 Å². The molecule has 3 rings (SSSR count). The SMILES string of the molecule is COc1cc(C(=O)Oc2coc(CSc3nncn3C)cc2=O)cc(OC)c1OC. The van der Waals surface area contributed by atoms with Crippen molar-refractivity contribution in [3.8, 4) is 23.0 Å². The Bertz CT molecular complexity index is 1080. The first-order chi connectivity index (χ1) is 14.5. The molecule has 0 saturated carbocycles. The summed E-state index contributed by atoms with van der Waals surface area (Å²) in [5, 5.41) is 8.40.